The molecule has 6 nitrogen and oxygen atoms in total. The molecule has 2 aromatic carbocycles. The van der Waals surface area contributed by atoms with E-state index in [2.05, 4.69) is 32.9 Å². The number of esters is 2. The molecule has 0 saturated heterocycles. The summed E-state index contributed by atoms with van der Waals surface area (Å²) >= 11 is 0. The summed E-state index contributed by atoms with van der Waals surface area (Å²) in [5.41, 5.74) is 3.74. The van der Waals surface area contributed by atoms with Crippen molar-refractivity contribution in [2.75, 3.05) is 0 Å². The van der Waals surface area contributed by atoms with Crippen LogP contribution in [-0.2, 0) is 15.1 Å². The maximum Gasteiger partial charge on any atom is 0.314 e. The summed E-state index contributed by atoms with van der Waals surface area (Å²) in [6.45, 7) is 6.68. The van der Waals surface area contributed by atoms with Gasteiger partial charge in [-0.3, -0.25) is 9.59 Å². The number of unbranched alkanes of at least 4 members (excludes halogenated alkanes) is 2. The fourth-order valence-electron chi connectivity index (χ4n) is 8.94. The molecule has 1 unspecified atom stereocenters. The molecular weight excluding hydrogens is 608 g/mol. The van der Waals surface area contributed by atoms with Gasteiger partial charge in [-0.2, -0.15) is 10.2 Å². The summed E-state index contributed by atoms with van der Waals surface area (Å²) < 4.78 is 11.8. The van der Waals surface area contributed by atoms with Crippen molar-refractivity contribution in [3.8, 4) is 11.5 Å². The van der Waals surface area contributed by atoms with Crippen LogP contribution in [0.3, 0.4) is 0 Å². The molecule has 0 radical (unpaired) electrons. The smallest absolute Gasteiger partial charge is 0.314 e. The molecule has 1 atom stereocenters. The van der Waals surface area contributed by atoms with E-state index >= 15 is 0 Å². The van der Waals surface area contributed by atoms with Gasteiger partial charge >= 0.3 is 11.9 Å². The number of benzene rings is 2. The van der Waals surface area contributed by atoms with E-state index < -0.39 is 5.54 Å². The van der Waals surface area contributed by atoms with Crippen LogP contribution >= 0.6 is 0 Å². The molecule has 6 heteroatoms. The van der Waals surface area contributed by atoms with Gasteiger partial charge in [-0.25, -0.2) is 0 Å². The molecular formula is C43H58N2O4. The molecule has 4 aliphatic rings. The standard InChI is InChI=1S/C43H58N2O4/c1-4-7-10-30-14-18-33(19-15-30)41(46)48-37-26-22-32(23-27-37)40-39(6-3)43(45-44-40,35-12-9-13-35)36-24-28-38(29-25-36)49-42(47)34-20-16-31(17-21-34)11-8-5-2/h22-31,33-35H,4-21H2,1-3H3. The van der Waals surface area contributed by atoms with Crippen LogP contribution in [0.25, 0.3) is 5.70 Å². The Labute approximate surface area is 294 Å². The third-order valence-electron chi connectivity index (χ3n) is 12.3. The molecule has 0 bridgehead atoms. The summed E-state index contributed by atoms with van der Waals surface area (Å²) in [4.78, 5) is 26.1. The van der Waals surface area contributed by atoms with Gasteiger partial charge < -0.3 is 9.47 Å². The largest absolute Gasteiger partial charge is 0.426 e. The van der Waals surface area contributed by atoms with Gasteiger partial charge in [0.1, 0.15) is 17.0 Å². The Balaban J connectivity index is 1.11. The topological polar surface area (TPSA) is 77.3 Å². The van der Waals surface area contributed by atoms with Crippen LogP contribution in [0.5, 0.6) is 11.5 Å². The lowest BCUT2D eigenvalue weighted by atomic mass is 9.64. The van der Waals surface area contributed by atoms with Crippen molar-refractivity contribution in [3.05, 3.63) is 65.2 Å². The minimum absolute atomic E-state index is 0.00364. The number of nitrogens with zero attached hydrogens (tertiary/aromatic N) is 2. The number of carbonyl (C=O) groups is 2. The number of carbonyl (C=O) groups excluding carboxylic acids is 2. The predicted molar refractivity (Wildman–Crippen MR) is 195 cm³/mol. The molecule has 3 aliphatic carbocycles. The van der Waals surface area contributed by atoms with Crippen LogP contribution in [0.15, 0.2) is 64.3 Å². The lowest BCUT2D eigenvalue weighted by Crippen LogP contribution is -2.38. The fourth-order valence-corrected chi connectivity index (χ4v) is 8.94. The van der Waals surface area contributed by atoms with Gasteiger partial charge in [0.25, 0.3) is 0 Å². The van der Waals surface area contributed by atoms with E-state index in [9.17, 15) is 9.59 Å². The molecule has 2 aromatic rings. The average Bonchev–Trinajstić information content (AvgIpc) is 3.49. The Hall–Kier alpha value is -3.28. The van der Waals surface area contributed by atoms with E-state index in [4.69, 9.17) is 19.7 Å². The summed E-state index contributed by atoms with van der Waals surface area (Å²) in [6.07, 6.45) is 20.2. The molecule has 3 fully saturated rings. The summed E-state index contributed by atoms with van der Waals surface area (Å²) in [5.74, 6) is 2.95. The number of ether oxygens (including phenoxy) is 2. The second kappa shape index (κ2) is 16.6. The first-order valence-corrected chi connectivity index (χ1v) is 19.8. The SMILES string of the molecule is CCCCC1CCC(C(=O)Oc2ccc(C3=C(CC)C(c4ccc(OC(=O)C5CCC(CCCC)CC5)cc4)(C4CCC4)N=N3)cc2)CC1. The maximum atomic E-state index is 13.1. The summed E-state index contributed by atoms with van der Waals surface area (Å²) in [7, 11) is 0. The van der Waals surface area contributed by atoms with Crippen LogP contribution in [0, 0.1) is 29.6 Å². The van der Waals surface area contributed by atoms with Gasteiger partial charge in [0.05, 0.1) is 17.5 Å². The zero-order valence-corrected chi connectivity index (χ0v) is 30.3. The van der Waals surface area contributed by atoms with E-state index in [0.29, 0.717) is 17.4 Å². The molecule has 3 saturated carbocycles. The first kappa shape index (κ1) is 35.5. The first-order valence-electron chi connectivity index (χ1n) is 19.8. The highest BCUT2D eigenvalue weighted by molar-refractivity contribution is 5.77. The Bertz CT molecular complexity index is 1460. The monoisotopic (exact) mass is 666 g/mol. The van der Waals surface area contributed by atoms with Gasteiger partial charge in [0, 0.05) is 5.56 Å². The normalized spacial score (nSPS) is 27.2. The van der Waals surface area contributed by atoms with E-state index in [1.54, 1.807) is 0 Å². The second-order valence-corrected chi connectivity index (χ2v) is 15.4. The summed E-state index contributed by atoms with van der Waals surface area (Å²) in [5, 5.41) is 9.93. The second-order valence-electron chi connectivity index (χ2n) is 15.4. The van der Waals surface area contributed by atoms with Crippen LogP contribution in [0.2, 0.25) is 0 Å². The molecule has 0 N–H and O–H groups in total. The molecule has 1 heterocycles. The van der Waals surface area contributed by atoms with Gasteiger partial charge in [-0.1, -0.05) is 77.8 Å². The quantitative estimate of drug-likeness (QED) is 0.148. The number of rotatable bonds is 14. The predicted octanol–water partition coefficient (Wildman–Crippen LogP) is 11.8. The van der Waals surface area contributed by atoms with Gasteiger partial charge in [0.15, 0.2) is 0 Å². The minimum atomic E-state index is -0.511. The Kier molecular flexibility index (Phi) is 12.1. The molecule has 0 aromatic heterocycles. The van der Waals surface area contributed by atoms with Crippen molar-refractivity contribution < 1.29 is 19.1 Å². The van der Waals surface area contributed by atoms with E-state index in [1.165, 1.54) is 50.5 Å². The highest BCUT2D eigenvalue weighted by atomic mass is 16.5. The minimum Gasteiger partial charge on any atom is -0.426 e. The van der Waals surface area contributed by atoms with Crippen molar-refractivity contribution in [3.63, 3.8) is 0 Å². The zero-order chi connectivity index (χ0) is 34.2. The maximum absolute atomic E-state index is 13.1. The van der Waals surface area contributed by atoms with Crippen molar-refractivity contribution >= 4 is 17.6 Å². The Morgan fingerprint density at radius 2 is 1.16 bits per heavy atom. The third-order valence-corrected chi connectivity index (χ3v) is 12.3. The molecule has 6 rings (SSSR count). The lowest BCUT2D eigenvalue weighted by Gasteiger charge is -2.42. The van der Waals surface area contributed by atoms with Gasteiger partial charge in [-0.15, -0.1) is 0 Å². The number of azo groups is 1. The fraction of sp³-hybridized carbons (Fsp3) is 0.628. The molecule has 264 valence electrons. The first-order chi connectivity index (χ1) is 23.9. The van der Waals surface area contributed by atoms with Crippen molar-refractivity contribution in [1.82, 2.24) is 0 Å². The highest BCUT2D eigenvalue weighted by Gasteiger charge is 2.50. The van der Waals surface area contributed by atoms with Crippen molar-refractivity contribution in [2.24, 2.45) is 39.8 Å². The third kappa shape index (κ3) is 8.05. The molecule has 0 amide bonds. The van der Waals surface area contributed by atoms with Gasteiger partial charge in [0.2, 0.25) is 0 Å². The highest BCUT2D eigenvalue weighted by Crippen LogP contribution is 2.56. The van der Waals surface area contributed by atoms with E-state index in [-0.39, 0.29) is 23.8 Å². The number of hydrogen-bond acceptors (Lipinski definition) is 6. The Morgan fingerprint density at radius 1 is 0.673 bits per heavy atom. The average molecular weight is 667 g/mol. The lowest BCUT2D eigenvalue weighted by molar-refractivity contribution is -0.141. The van der Waals surface area contributed by atoms with Crippen LogP contribution < -0.4 is 9.47 Å². The van der Waals surface area contributed by atoms with Crippen LogP contribution in [0.4, 0.5) is 0 Å². The molecule has 0 spiro atoms. The van der Waals surface area contributed by atoms with Crippen molar-refractivity contribution in [1.29, 1.82) is 0 Å². The molecule has 1 aliphatic heterocycles. The van der Waals surface area contributed by atoms with E-state index in [1.807, 2.05) is 36.4 Å². The van der Waals surface area contributed by atoms with E-state index in [0.717, 1.165) is 99.3 Å². The van der Waals surface area contributed by atoms with Crippen LogP contribution in [-0.4, -0.2) is 11.9 Å². The van der Waals surface area contributed by atoms with Gasteiger partial charge in [-0.05, 0) is 136 Å². The summed E-state index contributed by atoms with van der Waals surface area (Å²) in [6, 6.07) is 15.9. The van der Waals surface area contributed by atoms with Crippen LogP contribution in [0.1, 0.15) is 147 Å². The Morgan fingerprint density at radius 3 is 1.59 bits per heavy atom. The number of hydrogen-bond donors (Lipinski definition) is 0. The van der Waals surface area contributed by atoms with Crippen molar-refractivity contribution in [2.45, 2.75) is 142 Å². The zero-order valence-electron chi connectivity index (χ0n) is 30.3. The molecule has 49 heavy (non-hydrogen) atoms.